The molecule has 144 valence electrons. The van der Waals surface area contributed by atoms with Gasteiger partial charge in [0, 0.05) is 19.0 Å². The molecule has 4 saturated carbocycles. The zero-order valence-corrected chi connectivity index (χ0v) is 16.7. The van der Waals surface area contributed by atoms with Crippen LogP contribution < -0.4 is 0 Å². The van der Waals surface area contributed by atoms with Crippen molar-refractivity contribution in [2.45, 2.75) is 64.2 Å². The molecule has 0 radical (unpaired) electrons. The number of carbonyl (C=O) groups is 1. The number of aryl methyl sites for hydroxylation is 1. The summed E-state index contributed by atoms with van der Waals surface area (Å²) in [6.45, 7) is 3.73. The van der Waals surface area contributed by atoms with Crippen LogP contribution in [0.2, 0.25) is 0 Å². The van der Waals surface area contributed by atoms with Crippen LogP contribution in [-0.2, 0) is 4.79 Å². The van der Waals surface area contributed by atoms with Gasteiger partial charge in [-0.1, -0.05) is 11.3 Å². The summed E-state index contributed by atoms with van der Waals surface area (Å²) in [6, 6.07) is 0. The van der Waals surface area contributed by atoms with E-state index >= 15 is 0 Å². The number of rotatable bonds is 2. The van der Waals surface area contributed by atoms with Gasteiger partial charge in [-0.25, -0.2) is 0 Å². The minimum Gasteiger partial charge on any atom is -0.342 e. The average molecular weight is 386 g/mol. The Labute approximate surface area is 163 Å². The monoisotopic (exact) mass is 385 g/mol. The van der Waals surface area contributed by atoms with E-state index in [4.69, 9.17) is 5.10 Å². The van der Waals surface area contributed by atoms with E-state index in [1.165, 1.54) is 38.5 Å². The molecule has 7 rings (SSSR count). The van der Waals surface area contributed by atoms with Gasteiger partial charge in [-0.15, -0.1) is 10.2 Å². The van der Waals surface area contributed by atoms with Gasteiger partial charge >= 0.3 is 0 Å². The van der Waals surface area contributed by atoms with Crippen LogP contribution in [0.25, 0.3) is 4.96 Å². The molecule has 1 amide bonds. The van der Waals surface area contributed by atoms with Crippen molar-refractivity contribution in [2.75, 3.05) is 13.1 Å². The lowest BCUT2D eigenvalue weighted by atomic mass is 9.49. The van der Waals surface area contributed by atoms with E-state index in [1.807, 2.05) is 11.4 Å². The smallest absolute Gasteiger partial charge is 0.234 e. The molecule has 1 aliphatic heterocycles. The van der Waals surface area contributed by atoms with Gasteiger partial charge in [0.05, 0.1) is 5.41 Å². The molecule has 4 bridgehead atoms. The third kappa shape index (κ3) is 2.50. The van der Waals surface area contributed by atoms with Gasteiger partial charge in [0.15, 0.2) is 5.82 Å². The molecule has 7 heteroatoms. The first-order chi connectivity index (χ1) is 13.1. The number of carbonyl (C=O) groups excluding carboxylic acids is 1. The van der Waals surface area contributed by atoms with Crippen LogP contribution in [0.15, 0.2) is 0 Å². The largest absolute Gasteiger partial charge is 0.342 e. The van der Waals surface area contributed by atoms with Crippen molar-refractivity contribution in [2.24, 2.45) is 23.2 Å². The van der Waals surface area contributed by atoms with E-state index < -0.39 is 0 Å². The fourth-order valence-electron chi connectivity index (χ4n) is 6.93. The third-order valence-electron chi connectivity index (χ3n) is 7.79. The van der Waals surface area contributed by atoms with E-state index in [-0.39, 0.29) is 5.41 Å². The third-order valence-corrected chi connectivity index (χ3v) is 8.85. The Bertz CT molecular complexity index is 858. The van der Waals surface area contributed by atoms with Gasteiger partial charge in [0.2, 0.25) is 10.9 Å². The molecule has 5 aliphatic rings. The van der Waals surface area contributed by atoms with Crippen LogP contribution in [0.3, 0.4) is 0 Å². The minimum atomic E-state index is 0.00620. The first-order valence-corrected chi connectivity index (χ1v) is 11.4. The van der Waals surface area contributed by atoms with Crippen LogP contribution >= 0.6 is 11.3 Å². The van der Waals surface area contributed by atoms with E-state index in [0.717, 1.165) is 59.5 Å². The van der Waals surface area contributed by atoms with Crippen molar-refractivity contribution in [1.82, 2.24) is 24.7 Å². The fraction of sp³-hybridized carbons (Fsp3) is 0.800. The lowest BCUT2D eigenvalue weighted by molar-refractivity contribution is -0.158. The van der Waals surface area contributed by atoms with E-state index in [9.17, 15) is 4.79 Å². The summed E-state index contributed by atoms with van der Waals surface area (Å²) in [5.74, 6) is 4.30. The number of amides is 1. The van der Waals surface area contributed by atoms with Crippen molar-refractivity contribution in [3.8, 4) is 0 Å². The molecule has 1 saturated heterocycles. The maximum absolute atomic E-state index is 13.5. The van der Waals surface area contributed by atoms with Crippen molar-refractivity contribution in [3.05, 3.63) is 10.8 Å². The predicted molar refractivity (Wildman–Crippen MR) is 103 cm³/mol. The molecular weight excluding hydrogens is 358 g/mol. The van der Waals surface area contributed by atoms with Gasteiger partial charge in [0.1, 0.15) is 5.01 Å². The highest BCUT2D eigenvalue weighted by Gasteiger charge is 2.55. The lowest BCUT2D eigenvalue weighted by Crippen LogP contribution is -2.55. The molecular formula is C20H27N5OS. The van der Waals surface area contributed by atoms with Crippen LogP contribution in [-0.4, -0.2) is 43.7 Å². The molecule has 3 heterocycles. The number of nitrogens with zero attached hydrogens (tertiary/aromatic N) is 5. The van der Waals surface area contributed by atoms with Crippen molar-refractivity contribution in [1.29, 1.82) is 0 Å². The number of likely N-dealkylation sites (tertiary alicyclic amines) is 1. The summed E-state index contributed by atoms with van der Waals surface area (Å²) >= 11 is 1.66. The Hall–Kier alpha value is -1.50. The lowest BCUT2D eigenvalue weighted by Gasteiger charge is -2.57. The van der Waals surface area contributed by atoms with E-state index in [0.29, 0.717) is 11.8 Å². The number of hydrogen-bond donors (Lipinski definition) is 0. The van der Waals surface area contributed by atoms with Crippen LogP contribution in [0.5, 0.6) is 0 Å². The van der Waals surface area contributed by atoms with E-state index in [1.54, 1.807) is 11.3 Å². The Morgan fingerprint density at radius 2 is 1.67 bits per heavy atom. The summed E-state index contributed by atoms with van der Waals surface area (Å²) in [4.78, 5) is 16.6. The quantitative estimate of drug-likeness (QED) is 0.795. The number of piperidine rings is 1. The molecule has 0 spiro atoms. The Morgan fingerprint density at radius 1 is 1.04 bits per heavy atom. The fourth-order valence-corrected chi connectivity index (χ4v) is 7.99. The standard InChI is InChI=1S/C20H27N5OS/c1-12-21-22-19-25(12)23-17(27-19)16-2-4-24(5-3-16)18(26)20-9-13-6-14(10-20)8-15(7-13)11-20/h13-16H,2-11H2,1H3. The maximum Gasteiger partial charge on any atom is 0.234 e. The highest BCUT2D eigenvalue weighted by atomic mass is 32.1. The molecule has 2 aromatic heterocycles. The first-order valence-electron chi connectivity index (χ1n) is 10.6. The second-order valence-electron chi connectivity index (χ2n) is 9.65. The SMILES string of the molecule is Cc1nnc2sc(C3CCN(C(=O)C45CC6CC(CC(C6)C4)C5)CC3)nn12. The van der Waals surface area contributed by atoms with Gasteiger partial charge in [-0.05, 0) is 76.0 Å². The first kappa shape index (κ1) is 16.5. The normalized spacial score (nSPS) is 36.0. The van der Waals surface area contributed by atoms with Gasteiger partial charge in [0.25, 0.3) is 0 Å². The van der Waals surface area contributed by atoms with Crippen LogP contribution in [0.1, 0.15) is 68.1 Å². The van der Waals surface area contributed by atoms with Crippen LogP contribution in [0, 0.1) is 30.1 Å². The molecule has 0 aromatic carbocycles. The Morgan fingerprint density at radius 3 is 2.26 bits per heavy atom. The minimum absolute atomic E-state index is 0.00620. The number of aromatic nitrogens is 4. The van der Waals surface area contributed by atoms with Gasteiger partial charge < -0.3 is 4.90 Å². The summed E-state index contributed by atoms with van der Waals surface area (Å²) in [7, 11) is 0. The van der Waals surface area contributed by atoms with Crippen molar-refractivity contribution in [3.63, 3.8) is 0 Å². The molecule has 2 aromatic rings. The second-order valence-corrected chi connectivity index (χ2v) is 10.6. The van der Waals surface area contributed by atoms with Crippen molar-refractivity contribution < 1.29 is 4.79 Å². The van der Waals surface area contributed by atoms with Gasteiger partial charge in [-0.2, -0.15) is 9.61 Å². The molecule has 27 heavy (non-hydrogen) atoms. The Balaban J connectivity index is 1.16. The van der Waals surface area contributed by atoms with Crippen molar-refractivity contribution >= 4 is 22.2 Å². The molecule has 0 N–H and O–H groups in total. The second kappa shape index (κ2) is 5.75. The molecule has 6 nitrogen and oxygen atoms in total. The summed E-state index contributed by atoms with van der Waals surface area (Å²) in [6.07, 6.45) is 9.77. The van der Waals surface area contributed by atoms with Crippen LogP contribution in [0.4, 0.5) is 0 Å². The zero-order chi connectivity index (χ0) is 18.2. The highest BCUT2D eigenvalue weighted by molar-refractivity contribution is 7.16. The molecule has 0 unspecified atom stereocenters. The zero-order valence-electron chi connectivity index (χ0n) is 15.9. The molecule has 5 fully saturated rings. The number of hydrogen-bond acceptors (Lipinski definition) is 5. The summed E-state index contributed by atoms with van der Waals surface area (Å²) < 4.78 is 1.85. The topological polar surface area (TPSA) is 63.4 Å². The maximum atomic E-state index is 13.5. The molecule has 4 aliphatic carbocycles. The van der Waals surface area contributed by atoms with E-state index in [2.05, 4.69) is 15.1 Å². The Kier molecular flexibility index (Phi) is 3.51. The predicted octanol–water partition coefficient (Wildman–Crippen LogP) is 3.42. The highest BCUT2D eigenvalue weighted by Crippen LogP contribution is 2.60. The summed E-state index contributed by atoms with van der Waals surface area (Å²) in [5.41, 5.74) is 0.00620. The van der Waals surface area contributed by atoms with Gasteiger partial charge in [-0.3, -0.25) is 4.79 Å². The molecule has 0 atom stereocenters. The average Bonchev–Trinajstić information content (AvgIpc) is 3.22. The summed E-state index contributed by atoms with van der Waals surface area (Å²) in [5, 5.41) is 14.1. The number of fused-ring (bicyclic) bond motifs is 1.